The van der Waals surface area contributed by atoms with E-state index >= 15 is 0 Å². The lowest BCUT2D eigenvalue weighted by Gasteiger charge is -2.21. The van der Waals surface area contributed by atoms with Gasteiger partial charge in [-0.25, -0.2) is 0 Å². The lowest BCUT2D eigenvalue weighted by Crippen LogP contribution is -2.42. The van der Waals surface area contributed by atoms with E-state index in [1.165, 1.54) is 11.1 Å². The first-order valence-electron chi connectivity index (χ1n) is 9.57. The van der Waals surface area contributed by atoms with Gasteiger partial charge in [0.05, 0.1) is 5.92 Å². The molecule has 1 N–H and O–H groups in total. The van der Waals surface area contributed by atoms with Gasteiger partial charge in [-0.3, -0.25) is 14.6 Å². The minimum absolute atomic E-state index is 0.0159. The maximum atomic E-state index is 12.8. The average molecular weight is 363 g/mol. The first kappa shape index (κ1) is 17.7. The van der Waals surface area contributed by atoms with Crippen LogP contribution in [0, 0.1) is 12.8 Å². The zero-order chi connectivity index (χ0) is 18.9. The molecular formula is C22H25N3O2. The molecular weight excluding hydrogens is 338 g/mol. The van der Waals surface area contributed by atoms with Gasteiger partial charge in [-0.2, -0.15) is 0 Å². The molecule has 2 amide bonds. The van der Waals surface area contributed by atoms with Gasteiger partial charge in [-0.15, -0.1) is 0 Å². The van der Waals surface area contributed by atoms with Crippen molar-refractivity contribution in [3.05, 3.63) is 65.5 Å². The van der Waals surface area contributed by atoms with Crippen LogP contribution in [0.2, 0.25) is 0 Å². The zero-order valence-corrected chi connectivity index (χ0v) is 15.6. The second-order valence-electron chi connectivity index (χ2n) is 7.97. The monoisotopic (exact) mass is 363 g/mol. The summed E-state index contributed by atoms with van der Waals surface area (Å²) < 4.78 is 0. The van der Waals surface area contributed by atoms with Crippen molar-refractivity contribution in [3.63, 3.8) is 0 Å². The van der Waals surface area contributed by atoms with Gasteiger partial charge < -0.3 is 10.2 Å². The van der Waals surface area contributed by atoms with Crippen LogP contribution in [0.3, 0.4) is 0 Å². The van der Waals surface area contributed by atoms with Gasteiger partial charge >= 0.3 is 0 Å². The highest BCUT2D eigenvalue weighted by molar-refractivity contribution is 5.89. The molecule has 140 valence electrons. The highest BCUT2D eigenvalue weighted by Gasteiger charge is 2.46. The molecule has 2 aromatic rings. The van der Waals surface area contributed by atoms with E-state index in [2.05, 4.69) is 41.5 Å². The average Bonchev–Trinajstić information content (AvgIpc) is 3.29. The molecule has 1 aliphatic heterocycles. The van der Waals surface area contributed by atoms with E-state index in [0.717, 1.165) is 24.8 Å². The van der Waals surface area contributed by atoms with Crippen molar-refractivity contribution in [2.75, 3.05) is 6.54 Å². The molecule has 1 aromatic carbocycles. The predicted octanol–water partition coefficient (Wildman–Crippen LogP) is 2.63. The summed E-state index contributed by atoms with van der Waals surface area (Å²) in [5.74, 6) is -0.200. The van der Waals surface area contributed by atoms with Crippen LogP contribution in [-0.2, 0) is 22.6 Å². The van der Waals surface area contributed by atoms with Gasteiger partial charge in [0.2, 0.25) is 11.8 Å². The minimum atomic E-state index is -0.260. The van der Waals surface area contributed by atoms with E-state index in [4.69, 9.17) is 0 Å². The number of nitrogens with zero attached hydrogens (tertiary/aromatic N) is 2. The van der Waals surface area contributed by atoms with Crippen LogP contribution in [-0.4, -0.2) is 33.8 Å². The molecule has 4 rings (SSSR count). The number of hydrogen-bond acceptors (Lipinski definition) is 3. The molecule has 0 radical (unpaired) electrons. The first-order chi connectivity index (χ1) is 13.0. The Balaban J connectivity index is 1.35. The summed E-state index contributed by atoms with van der Waals surface area (Å²) in [4.78, 5) is 31.0. The Morgan fingerprint density at radius 1 is 1.26 bits per heavy atom. The van der Waals surface area contributed by atoms with E-state index in [9.17, 15) is 9.59 Å². The SMILES string of the molecule is Cc1cccc(CC2(NC(=O)C3CC(=O)N(Cc4cccnc4)C3)CC2)c1. The Kier molecular flexibility index (Phi) is 4.68. The van der Waals surface area contributed by atoms with Crippen LogP contribution in [0.5, 0.6) is 0 Å². The van der Waals surface area contributed by atoms with Crippen molar-refractivity contribution in [2.45, 2.75) is 44.7 Å². The number of aryl methyl sites for hydroxylation is 1. The lowest BCUT2D eigenvalue weighted by atomic mass is 10.0. The third-order valence-electron chi connectivity index (χ3n) is 5.55. The third kappa shape index (κ3) is 4.18. The van der Waals surface area contributed by atoms with E-state index in [-0.39, 0.29) is 23.3 Å². The molecule has 2 heterocycles. The molecule has 1 unspecified atom stereocenters. The number of likely N-dealkylation sites (tertiary alicyclic amines) is 1. The van der Waals surface area contributed by atoms with E-state index in [0.29, 0.717) is 19.5 Å². The van der Waals surface area contributed by atoms with Crippen molar-refractivity contribution >= 4 is 11.8 Å². The largest absolute Gasteiger partial charge is 0.350 e. The summed E-state index contributed by atoms with van der Waals surface area (Å²) in [7, 11) is 0. The summed E-state index contributed by atoms with van der Waals surface area (Å²) >= 11 is 0. The maximum absolute atomic E-state index is 12.8. The number of aromatic nitrogens is 1. The van der Waals surface area contributed by atoms with Crippen LogP contribution in [0.4, 0.5) is 0 Å². The number of carbonyl (C=O) groups is 2. The van der Waals surface area contributed by atoms with E-state index in [1.54, 1.807) is 17.3 Å². The second-order valence-corrected chi connectivity index (χ2v) is 7.97. The second kappa shape index (κ2) is 7.14. The number of hydrogen-bond donors (Lipinski definition) is 1. The van der Waals surface area contributed by atoms with Gasteiger partial charge in [0, 0.05) is 37.4 Å². The molecule has 2 fully saturated rings. The Bertz CT molecular complexity index is 846. The summed E-state index contributed by atoms with van der Waals surface area (Å²) in [6.45, 7) is 3.09. The van der Waals surface area contributed by atoms with Crippen molar-refractivity contribution in [1.82, 2.24) is 15.2 Å². The fraction of sp³-hybridized carbons (Fsp3) is 0.409. The fourth-order valence-electron chi connectivity index (χ4n) is 3.89. The number of amides is 2. The van der Waals surface area contributed by atoms with Crippen LogP contribution in [0.1, 0.15) is 36.0 Å². The Hall–Kier alpha value is -2.69. The van der Waals surface area contributed by atoms with Crippen molar-refractivity contribution in [1.29, 1.82) is 0 Å². The number of pyridine rings is 1. The van der Waals surface area contributed by atoms with Crippen LogP contribution >= 0.6 is 0 Å². The molecule has 1 saturated heterocycles. The van der Waals surface area contributed by atoms with Crippen LogP contribution in [0.15, 0.2) is 48.8 Å². The normalized spacial score (nSPS) is 20.6. The Labute approximate surface area is 159 Å². The van der Waals surface area contributed by atoms with E-state index < -0.39 is 0 Å². The van der Waals surface area contributed by atoms with Crippen molar-refractivity contribution in [3.8, 4) is 0 Å². The van der Waals surface area contributed by atoms with Gasteiger partial charge in [-0.1, -0.05) is 35.9 Å². The molecule has 0 spiro atoms. The van der Waals surface area contributed by atoms with Crippen LogP contribution in [0.25, 0.3) is 0 Å². The standard InChI is InChI=1S/C22H25N3O2/c1-16-4-2-5-17(10-16)12-22(7-8-22)24-21(27)19-11-20(26)25(15-19)14-18-6-3-9-23-13-18/h2-6,9-10,13,19H,7-8,11-12,14-15H2,1H3,(H,24,27). The molecule has 1 aliphatic carbocycles. The molecule has 5 heteroatoms. The van der Waals surface area contributed by atoms with Gasteiger partial charge in [0.25, 0.3) is 0 Å². The summed E-state index contributed by atoms with van der Waals surface area (Å²) in [5, 5.41) is 3.25. The first-order valence-corrected chi connectivity index (χ1v) is 9.57. The molecule has 27 heavy (non-hydrogen) atoms. The number of carbonyl (C=O) groups excluding carboxylic acids is 2. The number of rotatable bonds is 6. The van der Waals surface area contributed by atoms with Gasteiger partial charge in [0.15, 0.2) is 0 Å². The smallest absolute Gasteiger partial charge is 0.225 e. The summed E-state index contributed by atoms with van der Waals surface area (Å²) in [6.07, 6.45) is 6.66. The molecule has 1 saturated carbocycles. The van der Waals surface area contributed by atoms with Crippen molar-refractivity contribution < 1.29 is 9.59 Å². The quantitative estimate of drug-likeness (QED) is 0.858. The molecule has 1 aromatic heterocycles. The third-order valence-corrected chi connectivity index (χ3v) is 5.55. The molecule has 0 bridgehead atoms. The molecule has 1 atom stereocenters. The Morgan fingerprint density at radius 3 is 2.78 bits per heavy atom. The predicted molar refractivity (Wildman–Crippen MR) is 103 cm³/mol. The summed E-state index contributed by atoms with van der Waals surface area (Å²) in [5.41, 5.74) is 3.37. The highest BCUT2D eigenvalue weighted by Crippen LogP contribution is 2.39. The van der Waals surface area contributed by atoms with Crippen LogP contribution < -0.4 is 5.32 Å². The lowest BCUT2D eigenvalue weighted by molar-refractivity contribution is -0.129. The number of benzene rings is 1. The number of nitrogens with one attached hydrogen (secondary N) is 1. The van der Waals surface area contributed by atoms with Gasteiger partial charge in [0.1, 0.15) is 0 Å². The molecule has 5 nitrogen and oxygen atoms in total. The highest BCUT2D eigenvalue weighted by atomic mass is 16.2. The van der Waals surface area contributed by atoms with Crippen molar-refractivity contribution in [2.24, 2.45) is 5.92 Å². The summed E-state index contributed by atoms with van der Waals surface area (Å²) in [6, 6.07) is 12.3. The topological polar surface area (TPSA) is 62.3 Å². The fourth-order valence-corrected chi connectivity index (χ4v) is 3.89. The van der Waals surface area contributed by atoms with Gasteiger partial charge in [-0.05, 0) is 43.4 Å². The Morgan fingerprint density at radius 2 is 2.07 bits per heavy atom. The molecule has 2 aliphatic rings. The zero-order valence-electron chi connectivity index (χ0n) is 15.6. The maximum Gasteiger partial charge on any atom is 0.225 e. The van der Waals surface area contributed by atoms with E-state index in [1.807, 2.05) is 12.1 Å². The minimum Gasteiger partial charge on any atom is -0.350 e.